The van der Waals surface area contributed by atoms with Gasteiger partial charge in [-0.15, -0.1) is 11.3 Å². The summed E-state index contributed by atoms with van der Waals surface area (Å²) in [5.41, 5.74) is -4.37. The lowest BCUT2D eigenvalue weighted by atomic mass is 9.88. The van der Waals surface area contributed by atoms with E-state index in [1.807, 2.05) is 31.2 Å². The Balaban J connectivity index is 0.907. The highest BCUT2D eigenvalue weighted by Gasteiger charge is 2.53. The Labute approximate surface area is 457 Å². The number of benzene rings is 3. The molecule has 2 aromatic heterocycles. The molecule has 0 spiro atoms. The van der Waals surface area contributed by atoms with Gasteiger partial charge in [-0.2, -0.15) is 31.6 Å². The van der Waals surface area contributed by atoms with Gasteiger partial charge in [-0.1, -0.05) is 45.0 Å². The Kier molecular flexibility index (Phi) is 17.4. The highest BCUT2D eigenvalue weighted by Crippen LogP contribution is 2.45. The first-order valence-electron chi connectivity index (χ1n) is 24.1. The number of anilines is 2. The van der Waals surface area contributed by atoms with Crippen LogP contribution >= 0.6 is 23.6 Å². The summed E-state index contributed by atoms with van der Waals surface area (Å²) in [5, 5.41) is 24.5. The van der Waals surface area contributed by atoms with Crippen LogP contribution in [0, 0.1) is 29.5 Å². The summed E-state index contributed by atoms with van der Waals surface area (Å²) >= 11 is 6.87. The Morgan fingerprint density at radius 2 is 1.66 bits per heavy atom. The van der Waals surface area contributed by atoms with Gasteiger partial charge in [-0.05, 0) is 93.0 Å². The van der Waals surface area contributed by atoms with Crippen molar-refractivity contribution in [3.05, 3.63) is 118 Å². The molecule has 17 nitrogen and oxygen atoms in total. The van der Waals surface area contributed by atoms with Crippen LogP contribution in [0.5, 0.6) is 11.6 Å². The molecule has 0 saturated carbocycles. The van der Waals surface area contributed by atoms with E-state index in [0.29, 0.717) is 17.0 Å². The van der Waals surface area contributed by atoms with E-state index in [-0.39, 0.29) is 56.1 Å². The quantitative estimate of drug-likeness (QED) is 0.0365. The number of thiazole rings is 1. The summed E-state index contributed by atoms with van der Waals surface area (Å²) in [7, 11) is 0. The number of thiocarbonyl (C=S) groups is 1. The molecule has 0 radical (unpaired) electrons. The lowest BCUT2D eigenvalue weighted by Crippen LogP contribution is -2.50. The molecule has 3 N–H and O–H groups in total. The van der Waals surface area contributed by atoms with Gasteiger partial charge in [0.2, 0.25) is 11.8 Å². The van der Waals surface area contributed by atoms with Gasteiger partial charge in [0.25, 0.3) is 23.6 Å². The smallest absolute Gasteiger partial charge is 0.421 e. The third-order valence-electron chi connectivity index (χ3n) is 12.6. The number of carbonyl (C=O) groups is 5. The molecular formula is C53H50F7N9O8S2. The monoisotopic (exact) mass is 1140 g/mol. The first-order valence-corrected chi connectivity index (χ1v) is 25.4. The van der Waals surface area contributed by atoms with Gasteiger partial charge in [-0.3, -0.25) is 28.9 Å². The van der Waals surface area contributed by atoms with Crippen LogP contribution in [-0.2, 0) is 42.8 Å². The normalized spacial score (nSPS) is 16.8. The van der Waals surface area contributed by atoms with Crippen LogP contribution in [0.2, 0.25) is 0 Å². The van der Waals surface area contributed by atoms with Crippen molar-refractivity contribution in [1.82, 2.24) is 25.5 Å². The zero-order valence-electron chi connectivity index (χ0n) is 43.0. The van der Waals surface area contributed by atoms with Gasteiger partial charge < -0.3 is 35.0 Å². The van der Waals surface area contributed by atoms with Crippen molar-refractivity contribution >= 4 is 75.3 Å². The molecule has 4 heterocycles. The molecule has 2 fully saturated rings. The zero-order valence-corrected chi connectivity index (χ0v) is 44.6. The number of likely N-dealkylation sites (tertiary alicyclic amines) is 1. The van der Waals surface area contributed by atoms with Crippen LogP contribution in [0.4, 0.5) is 42.1 Å². The molecule has 7 rings (SSSR count). The molecule has 2 saturated heterocycles. The summed E-state index contributed by atoms with van der Waals surface area (Å²) in [5.74, 6) is -6.79. The standard InChI is InChI=1S/C53H50F7N9O8S2/c1-28-42(79-27-65-28)30-10-8-29(9-11-30)23-63-45(73)38-21-34(70)25-67(38)47(74)43(50(2,3)4)66-39(71)26-76-19-7-18-62-44(72)31-12-15-35(16-13-31)77-46-36(52(55,56)57)20-33(24-64-46)69-49(78)68(48(75)51(69,5)6)37-17-14-32(22-61)40(41(37)54)53(58,59)60/h8-17,20,24,27,34,38,70H,7,18-19,21,23,25-26H2,1-6H3,(H,62,72)(H,63,73)/t34-,38+/m1/s1. The van der Waals surface area contributed by atoms with E-state index in [4.69, 9.17) is 21.7 Å². The minimum atomic E-state index is -5.36. The van der Waals surface area contributed by atoms with Crippen LogP contribution in [0.1, 0.15) is 85.8 Å². The van der Waals surface area contributed by atoms with Gasteiger partial charge in [0, 0.05) is 43.6 Å². The molecule has 3 aromatic carbocycles. The third-order valence-corrected chi connectivity index (χ3v) is 13.9. The minimum absolute atomic E-state index is 0.0168. The summed E-state index contributed by atoms with van der Waals surface area (Å²) < 4.78 is 112. The first-order chi connectivity index (χ1) is 37.0. The number of pyridine rings is 1. The Hall–Kier alpha value is -7.73. The lowest BCUT2D eigenvalue weighted by Gasteiger charge is -2.29. The maximum absolute atomic E-state index is 15.5. The van der Waals surface area contributed by atoms with Gasteiger partial charge in [-0.25, -0.2) is 19.4 Å². The van der Waals surface area contributed by atoms with E-state index in [1.165, 1.54) is 60.4 Å². The number of ether oxygens (including phenoxy) is 2. The van der Waals surface area contributed by atoms with Crippen molar-refractivity contribution in [1.29, 1.82) is 5.26 Å². The molecule has 2 atom stereocenters. The number of alkyl halides is 6. The molecule has 0 unspecified atom stereocenters. The lowest BCUT2D eigenvalue weighted by molar-refractivity contribution is -0.140. The van der Waals surface area contributed by atoms with E-state index in [1.54, 1.807) is 26.3 Å². The van der Waals surface area contributed by atoms with E-state index in [2.05, 4.69) is 25.6 Å². The molecule has 2 aliphatic heterocycles. The van der Waals surface area contributed by atoms with Gasteiger partial charge in [0.1, 0.15) is 40.8 Å². The summed E-state index contributed by atoms with van der Waals surface area (Å²) in [6.07, 6.45) is -10.4. The van der Waals surface area contributed by atoms with Crippen molar-refractivity contribution in [2.45, 2.75) is 91.0 Å². The topological polar surface area (TPSA) is 220 Å². The molecule has 416 valence electrons. The highest BCUT2D eigenvalue weighted by atomic mass is 32.1. The number of nitriles is 1. The average molecular weight is 1140 g/mol. The maximum Gasteiger partial charge on any atom is 0.421 e. The van der Waals surface area contributed by atoms with Gasteiger partial charge in [0.15, 0.2) is 10.9 Å². The fourth-order valence-electron chi connectivity index (χ4n) is 8.60. The fourth-order valence-corrected chi connectivity index (χ4v) is 9.92. The summed E-state index contributed by atoms with van der Waals surface area (Å²) in [6.45, 7) is 8.86. The van der Waals surface area contributed by atoms with Gasteiger partial charge >= 0.3 is 12.4 Å². The second-order valence-corrected chi connectivity index (χ2v) is 20.9. The molecule has 26 heteroatoms. The number of aliphatic hydroxyl groups excluding tert-OH is 1. The second-order valence-electron chi connectivity index (χ2n) is 19.7. The van der Waals surface area contributed by atoms with E-state index in [0.717, 1.165) is 38.9 Å². The van der Waals surface area contributed by atoms with Crippen molar-refractivity contribution in [3.8, 4) is 28.1 Å². The Morgan fingerprint density at radius 3 is 2.27 bits per heavy atom. The molecule has 5 aromatic rings. The minimum Gasteiger partial charge on any atom is -0.438 e. The van der Waals surface area contributed by atoms with E-state index >= 15 is 4.39 Å². The third kappa shape index (κ3) is 13.1. The number of rotatable bonds is 16. The number of amides is 5. The number of aliphatic hydroxyl groups is 1. The largest absolute Gasteiger partial charge is 0.438 e. The number of aliphatic imine (C=N–C) groups is 1. The average Bonchev–Trinajstić information content (AvgIpc) is 4.19. The number of aryl methyl sites for hydroxylation is 1. The molecule has 79 heavy (non-hydrogen) atoms. The Bertz CT molecular complexity index is 3260. The number of nitrogens with one attached hydrogen (secondary N) is 2. The number of hydrogen-bond donors (Lipinski definition) is 3. The maximum atomic E-state index is 15.5. The number of nitrogens with zero attached hydrogens (tertiary/aromatic N) is 7. The molecule has 5 amide bonds. The SMILES string of the molecule is Cc1ncsc1-c1ccc(CNC(=O)[C@@H]2C[C@@H](O)CN2C(=O)C(=NC(=O)COCCCNC(=O)c2ccc(Oc3ncc(N4C(=S)N(c5ccc(C#N)c(C(F)(F)F)c5F)C(=O)C4(C)C)cc3C(F)(F)F)cc2)C(C)(C)C)cc1. The fraction of sp³-hybridized carbons (Fsp3) is 0.358. The predicted octanol–water partition coefficient (Wildman–Crippen LogP) is 8.70. The second kappa shape index (κ2) is 23.3. The molecular weight excluding hydrogens is 1090 g/mol. The highest BCUT2D eigenvalue weighted by molar-refractivity contribution is 7.81. The number of β-amino-alcohol motifs (C(OH)–C–C–N with tert-alkyl or cyclic N) is 1. The van der Waals surface area contributed by atoms with Crippen molar-refractivity contribution in [2.24, 2.45) is 10.4 Å². The van der Waals surface area contributed by atoms with Crippen LogP contribution in [0.15, 0.2) is 83.4 Å². The van der Waals surface area contributed by atoms with E-state index < -0.39 is 116 Å². The predicted molar refractivity (Wildman–Crippen MR) is 278 cm³/mol. The van der Waals surface area contributed by atoms with Crippen molar-refractivity contribution in [2.75, 3.05) is 36.1 Å². The molecule has 0 aliphatic carbocycles. The molecule has 2 aliphatic rings. The van der Waals surface area contributed by atoms with Crippen LogP contribution in [0.3, 0.4) is 0 Å². The Morgan fingerprint density at radius 1 is 0.975 bits per heavy atom. The first kappa shape index (κ1) is 58.9. The summed E-state index contributed by atoms with van der Waals surface area (Å²) in [6, 6.07) is 14.6. The zero-order chi connectivity index (χ0) is 57.9. The van der Waals surface area contributed by atoms with Crippen molar-refractivity contribution in [3.63, 3.8) is 0 Å². The number of aromatic nitrogens is 2. The number of carbonyl (C=O) groups excluding carboxylic acids is 5. The van der Waals surface area contributed by atoms with Crippen LogP contribution in [0.25, 0.3) is 10.4 Å². The number of hydrogen-bond acceptors (Lipinski definition) is 13. The van der Waals surface area contributed by atoms with E-state index in [9.17, 15) is 60.7 Å². The molecule has 0 bridgehead atoms. The summed E-state index contributed by atoms with van der Waals surface area (Å²) in [4.78, 5) is 82.6. The van der Waals surface area contributed by atoms with Crippen LogP contribution < -0.4 is 25.2 Å². The van der Waals surface area contributed by atoms with Crippen molar-refractivity contribution < 1.29 is 69.3 Å². The van der Waals surface area contributed by atoms with Crippen LogP contribution in [-0.4, -0.2) is 104 Å². The number of halogens is 7. The van der Waals surface area contributed by atoms with Gasteiger partial charge in [0.05, 0.1) is 51.4 Å².